The zero-order valence-corrected chi connectivity index (χ0v) is 12.0. The molecule has 0 aliphatic carbocycles. The maximum Gasteiger partial charge on any atom is 0.348 e. The predicted octanol–water partition coefficient (Wildman–Crippen LogP) is 1.05. The van der Waals surface area contributed by atoms with Crippen LogP contribution in [0.2, 0.25) is 0 Å². The molecule has 0 spiro atoms. The smallest absolute Gasteiger partial charge is 0.348 e. The van der Waals surface area contributed by atoms with Gasteiger partial charge < -0.3 is 5.32 Å². The SMILES string of the molecule is CNC(=O)c1ccc2c(c1)nc(C(C)C)c1n[nH]c(=O)n12. The molecule has 0 aliphatic rings. The van der Waals surface area contributed by atoms with Crippen LogP contribution in [0.1, 0.15) is 35.8 Å². The number of benzene rings is 1. The molecule has 0 aliphatic heterocycles. The summed E-state index contributed by atoms with van der Waals surface area (Å²) in [6.45, 7) is 3.96. The normalized spacial score (nSPS) is 11.4. The second-order valence-corrected chi connectivity index (χ2v) is 5.12. The molecule has 108 valence electrons. The zero-order chi connectivity index (χ0) is 15.1. The Bertz CT molecular complexity index is 907. The Morgan fingerprint density at radius 1 is 1.38 bits per heavy atom. The lowest BCUT2D eigenvalue weighted by atomic mass is 10.1. The number of H-pyrrole nitrogens is 1. The molecule has 0 saturated heterocycles. The van der Waals surface area contributed by atoms with Gasteiger partial charge in [0.1, 0.15) is 0 Å². The van der Waals surface area contributed by atoms with E-state index in [0.29, 0.717) is 22.2 Å². The van der Waals surface area contributed by atoms with E-state index in [1.807, 2.05) is 13.8 Å². The average molecular weight is 285 g/mol. The van der Waals surface area contributed by atoms with E-state index in [1.54, 1.807) is 25.2 Å². The number of hydrogen-bond donors (Lipinski definition) is 2. The topological polar surface area (TPSA) is 92.2 Å². The summed E-state index contributed by atoms with van der Waals surface area (Å²) < 4.78 is 1.49. The Hall–Kier alpha value is -2.70. The first-order valence-corrected chi connectivity index (χ1v) is 6.65. The van der Waals surface area contributed by atoms with E-state index in [2.05, 4.69) is 20.5 Å². The maximum absolute atomic E-state index is 12.0. The van der Waals surface area contributed by atoms with Gasteiger partial charge in [0.25, 0.3) is 5.91 Å². The molecular formula is C14H15N5O2. The van der Waals surface area contributed by atoms with Gasteiger partial charge in [0.05, 0.1) is 16.7 Å². The van der Waals surface area contributed by atoms with Crippen molar-refractivity contribution in [3.05, 3.63) is 39.9 Å². The molecule has 0 atom stereocenters. The van der Waals surface area contributed by atoms with Crippen LogP contribution in [0.15, 0.2) is 23.0 Å². The zero-order valence-electron chi connectivity index (χ0n) is 12.0. The third kappa shape index (κ3) is 1.97. The molecule has 2 aromatic heterocycles. The Morgan fingerprint density at radius 2 is 2.14 bits per heavy atom. The third-order valence-corrected chi connectivity index (χ3v) is 3.39. The van der Waals surface area contributed by atoms with Crippen LogP contribution in [0.25, 0.3) is 16.7 Å². The van der Waals surface area contributed by atoms with Crippen molar-refractivity contribution in [1.29, 1.82) is 0 Å². The summed E-state index contributed by atoms with van der Waals surface area (Å²) in [5, 5.41) is 9.07. The molecule has 7 heteroatoms. The molecular weight excluding hydrogens is 270 g/mol. The minimum atomic E-state index is -0.313. The van der Waals surface area contributed by atoms with Crippen LogP contribution in [-0.4, -0.2) is 32.5 Å². The Balaban J connectivity index is 2.43. The van der Waals surface area contributed by atoms with Gasteiger partial charge >= 0.3 is 5.69 Å². The predicted molar refractivity (Wildman–Crippen MR) is 78.6 cm³/mol. The summed E-state index contributed by atoms with van der Waals surface area (Å²) in [7, 11) is 1.57. The Morgan fingerprint density at radius 3 is 2.81 bits per heavy atom. The molecule has 0 saturated carbocycles. The van der Waals surface area contributed by atoms with Crippen LogP contribution in [0, 0.1) is 0 Å². The van der Waals surface area contributed by atoms with Crippen LogP contribution in [0.4, 0.5) is 0 Å². The monoisotopic (exact) mass is 285 g/mol. The van der Waals surface area contributed by atoms with E-state index < -0.39 is 0 Å². The first-order valence-electron chi connectivity index (χ1n) is 6.65. The van der Waals surface area contributed by atoms with Crippen molar-refractivity contribution in [2.75, 3.05) is 7.05 Å². The highest BCUT2D eigenvalue weighted by molar-refractivity contribution is 5.97. The molecule has 1 aromatic carbocycles. The van der Waals surface area contributed by atoms with Crippen LogP contribution in [0.5, 0.6) is 0 Å². The molecule has 1 amide bonds. The highest BCUT2D eigenvalue weighted by Gasteiger charge is 2.16. The highest BCUT2D eigenvalue weighted by Crippen LogP contribution is 2.21. The quantitative estimate of drug-likeness (QED) is 0.736. The fraction of sp³-hybridized carbons (Fsp3) is 0.286. The Labute approximate surface area is 120 Å². The van der Waals surface area contributed by atoms with Crippen molar-refractivity contribution in [3.8, 4) is 0 Å². The van der Waals surface area contributed by atoms with Gasteiger partial charge in [-0.05, 0) is 24.1 Å². The summed E-state index contributed by atoms with van der Waals surface area (Å²) in [5.74, 6) is -0.0832. The largest absolute Gasteiger partial charge is 0.355 e. The number of hydrogen-bond acceptors (Lipinski definition) is 4. The molecule has 0 radical (unpaired) electrons. The fourth-order valence-corrected chi connectivity index (χ4v) is 2.35. The first-order chi connectivity index (χ1) is 10.0. The molecule has 2 N–H and O–H groups in total. The lowest BCUT2D eigenvalue weighted by Crippen LogP contribution is -2.18. The van der Waals surface area contributed by atoms with Crippen molar-refractivity contribution in [1.82, 2.24) is 24.9 Å². The van der Waals surface area contributed by atoms with Crippen LogP contribution < -0.4 is 11.0 Å². The average Bonchev–Trinajstić information content (AvgIpc) is 2.87. The third-order valence-electron chi connectivity index (χ3n) is 3.39. The van der Waals surface area contributed by atoms with E-state index >= 15 is 0 Å². The molecule has 3 rings (SSSR count). The molecule has 21 heavy (non-hydrogen) atoms. The number of nitrogens with zero attached hydrogens (tertiary/aromatic N) is 3. The number of amides is 1. The fourth-order valence-electron chi connectivity index (χ4n) is 2.35. The molecule has 0 unspecified atom stereocenters. The standard InChI is InChI=1S/C14H15N5O2/c1-7(2)11-12-17-18-14(21)19(12)10-5-4-8(13(20)15-3)6-9(10)16-11/h4-7H,1-3H3,(H,15,20)(H,18,21). The summed E-state index contributed by atoms with van der Waals surface area (Å²) in [5.41, 5.74) is 2.65. The molecule has 0 bridgehead atoms. The van der Waals surface area contributed by atoms with Crippen LogP contribution in [-0.2, 0) is 0 Å². The number of aromatic nitrogens is 4. The number of nitrogens with one attached hydrogen (secondary N) is 2. The molecule has 7 nitrogen and oxygen atoms in total. The van der Waals surface area contributed by atoms with Crippen molar-refractivity contribution in [2.45, 2.75) is 19.8 Å². The number of carbonyl (C=O) groups excluding carboxylic acids is 1. The van der Waals surface area contributed by atoms with E-state index in [0.717, 1.165) is 5.69 Å². The van der Waals surface area contributed by atoms with Gasteiger partial charge in [-0.2, -0.15) is 5.10 Å². The van der Waals surface area contributed by atoms with E-state index in [1.165, 1.54) is 4.40 Å². The number of carbonyl (C=O) groups is 1. The minimum absolute atomic E-state index is 0.107. The highest BCUT2D eigenvalue weighted by atomic mass is 16.2. The summed E-state index contributed by atoms with van der Waals surface area (Å²) in [6, 6.07) is 5.05. The van der Waals surface area contributed by atoms with E-state index in [4.69, 9.17) is 0 Å². The Kier molecular flexibility index (Phi) is 2.97. The van der Waals surface area contributed by atoms with Gasteiger partial charge in [-0.3, -0.25) is 4.79 Å². The van der Waals surface area contributed by atoms with Gasteiger partial charge in [0.2, 0.25) is 0 Å². The van der Waals surface area contributed by atoms with Gasteiger partial charge in [0.15, 0.2) is 5.65 Å². The van der Waals surface area contributed by atoms with Gasteiger partial charge in [0, 0.05) is 12.6 Å². The minimum Gasteiger partial charge on any atom is -0.355 e. The van der Waals surface area contributed by atoms with Crippen molar-refractivity contribution >= 4 is 22.6 Å². The van der Waals surface area contributed by atoms with Gasteiger partial charge in [-0.15, -0.1) is 0 Å². The number of rotatable bonds is 2. The molecule has 3 aromatic rings. The maximum atomic E-state index is 12.0. The van der Waals surface area contributed by atoms with Crippen LogP contribution >= 0.6 is 0 Å². The van der Waals surface area contributed by atoms with Crippen molar-refractivity contribution in [2.24, 2.45) is 0 Å². The van der Waals surface area contributed by atoms with E-state index in [-0.39, 0.29) is 17.5 Å². The summed E-state index contributed by atoms with van der Waals surface area (Å²) in [6.07, 6.45) is 0. The van der Waals surface area contributed by atoms with Crippen LogP contribution in [0.3, 0.4) is 0 Å². The van der Waals surface area contributed by atoms with Gasteiger partial charge in [-0.25, -0.2) is 19.3 Å². The summed E-state index contributed by atoms with van der Waals surface area (Å²) in [4.78, 5) is 28.3. The van der Waals surface area contributed by atoms with Crippen molar-refractivity contribution < 1.29 is 4.79 Å². The first kappa shape index (κ1) is 13.3. The van der Waals surface area contributed by atoms with Gasteiger partial charge in [-0.1, -0.05) is 13.8 Å². The second kappa shape index (κ2) is 4.69. The van der Waals surface area contributed by atoms with Crippen molar-refractivity contribution in [3.63, 3.8) is 0 Å². The molecule has 0 fully saturated rings. The number of aromatic amines is 1. The summed E-state index contributed by atoms with van der Waals surface area (Å²) >= 11 is 0. The lowest BCUT2D eigenvalue weighted by molar-refractivity contribution is 0.0963. The lowest BCUT2D eigenvalue weighted by Gasteiger charge is -2.09. The number of fused-ring (bicyclic) bond motifs is 3. The second-order valence-electron chi connectivity index (χ2n) is 5.12. The van der Waals surface area contributed by atoms with E-state index in [9.17, 15) is 9.59 Å². The molecule has 2 heterocycles.